The number of hydrogen-bond acceptors (Lipinski definition) is 6. The summed E-state index contributed by atoms with van der Waals surface area (Å²) in [5.41, 5.74) is 1.48. The summed E-state index contributed by atoms with van der Waals surface area (Å²) < 4.78 is 16.7. The van der Waals surface area contributed by atoms with Crippen LogP contribution in [0, 0.1) is 0 Å². The fourth-order valence-corrected chi connectivity index (χ4v) is 3.03. The maximum Gasteiger partial charge on any atom is 0.411 e. The fourth-order valence-electron chi connectivity index (χ4n) is 2.15. The number of nitrogens with one attached hydrogen (secondary N) is 1. The van der Waals surface area contributed by atoms with Gasteiger partial charge in [0.2, 0.25) is 0 Å². The van der Waals surface area contributed by atoms with Crippen molar-refractivity contribution in [3.8, 4) is 11.5 Å². The van der Waals surface area contributed by atoms with E-state index in [9.17, 15) is 4.79 Å². The summed E-state index contributed by atoms with van der Waals surface area (Å²) in [6.07, 6.45) is -0.559. The molecule has 3 rings (SSSR count). The number of thiazole rings is 1. The Kier molecular flexibility index (Phi) is 4.81. The van der Waals surface area contributed by atoms with Gasteiger partial charge in [0.1, 0.15) is 23.1 Å². The normalized spacial score (nSPS) is 10.4. The molecule has 0 fully saturated rings. The number of anilines is 1. The summed E-state index contributed by atoms with van der Waals surface area (Å²) in [6, 6.07) is 13.1. The Morgan fingerprint density at radius 1 is 1.21 bits per heavy atom. The largest absolute Gasteiger partial charge is 0.494 e. The minimum atomic E-state index is -0.559. The Balaban J connectivity index is 1.71. The van der Waals surface area contributed by atoms with Crippen LogP contribution in [0.25, 0.3) is 10.2 Å². The van der Waals surface area contributed by atoms with Gasteiger partial charge in [0.15, 0.2) is 0 Å². The van der Waals surface area contributed by atoms with Crippen molar-refractivity contribution in [1.29, 1.82) is 0 Å². The van der Waals surface area contributed by atoms with E-state index in [4.69, 9.17) is 9.47 Å². The first-order valence-corrected chi connectivity index (χ1v) is 8.01. The number of rotatable bonds is 5. The van der Waals surface area contributed by atoms with Crippen molar-refractivity contribution in [2.75, 3.05) is 19.5 Å². The van der Waals surface area contributed by atoms with Crippen LogP contribution in [0.3, 0.4) is 0 Å². The number of hydrogen-bond donors (Lipinski definition) is 1. The van der Waals surface area contributed by atoms with E-state index < -0.39 is 6.09 Å². The van der Waals surface area contributed by atoms with Gasteiger partial charge in [0.25, 0.3) is 0 Å². The Morgan fingerprint density at radius 3 is 2.79 bits per heavy atom. The van der Waals surface area contributed by atoms with Crippen molar-refractivity contribution in [3.63, 3.8) is 0 Å². The van der Waals surface area contributed by atoms with Gasteiger partial charge in [-0.2, -0.15) is 0 Å². The van der Waals surface area contributed by atoms with Crippen LogP contribution in [0.2, 0.25) is 0 Å². The summed E-state index contributed by atoms with van der Waals surface area (Å²) in [5.74, 6) is 1.11. The maximum atomic E-state index is 11.3. The molecule has 0 aliphatic carbocycles. The lowest BCUT2D eigenvalue weighted by Crippen LogP contribution is -2.11. The lowest BCUT2D eigenvalue weighted by molar-refractivity contribution is 0.187. The van der Waals surface area contributed by atoms with E-state index in [1.807, 2.05) is 24.3 Å². The zero-order valence-electron chi connectivity index (χ0n) is 13.2. The molecule has 124 valence electrons. The van der Waals surface area contributed by atoms with Gasteiger partial charge < -0.3 is 14.2 Å². The van der Waals surface area contributed by atoms with Crippen molar-refractivity contribution in [1.82, 2.24) is 4.98 Å². The zero-order valence-corrected chi connectivity index (χ0v) is 14.1. The van der Waals surface area contributed by atoms with Gasteiger partial charge >= 0.3 is 6.09 Å². The fraction of sp³-hybridized carbons (Fsp3) is 0.176. The Hall–Kier alpha value is -2.80. The van der Waals surface area contributed by atoms with E-state index in [2.05, 4.69) is 15.0 Å². The van der Waals surface area contributed by atoms with Gasteiger partial charge in [-0.25, -0.2) is 9.78 Å². The molecule has 3 aromatic rings. The van der Waals surface area contributed by atoms with E-state index in [0.29, 0.717) is 23.8 Å². The highest BCUT2D eigenvalue weighted by molar-refractivity contribution is 7.18. The van der Waals surface area contributed by atoms with Crippen LogP contribution in [0.4, 0.5) is 10.5 Å². The van der Waals surface area contributed by atoms with E-state index in [-0.39, 0.29) is 0 Å². The van der Waals surface area contributed by atoms with Crippen LogP contribution >= 0.6 is 11.3 Å². The number of para-hydroxylation sites is 1. The third-order valence-corrected chi connectivity index (χ3v) is 4.31. The van der Waals surface area contributed by atoms with Gasteiger partial charge in [0.05, 0.1) is 30.1 Å². The lowest BCUT2D eigenvalue weighted by Gasteiger charge is -2.11. The summed E-state index contributed by atoms with van der Waals surface area (Å²) in [6.45, 7) is 0.367. The van der Waals surface area contributed by atoms with Crippen molar-refractivity contribution >= 4 is 33.3 Å². The molecular weight excluding hydrogens is 328 g/mol. The number of ether oxygens (including phenoxy) is 3. The zero-order chi connectivity index (χ0) is 16.9. The molecule has 2 aromatic carbocycles. The van der Waals surface area contributed by atoms with Crippen LogP contribution < -0.4 is 14.8 Å². The molecule has 0 spiro atoms. The van der Waals surface area contributed by atoms with E-state index in [1.165, 1.54) is 14.2 Å². The molecule has 7 heteroatoms. The third-order valence-electron chi connectivity index (χ3n) is 3.30. The minimum absolute atomic E-state index is 0.367. The quantitative estimate of drug-likeness (QED) is 0.756. The SMILES string of the molecule is COC(=O)Nc1ccc(OCc2nc3ccccc3s2)cc1OC. The van der Waals surface area contributed by atoms with Crippen molar-refractivity contribution in [3.05, 3.63) is 47.5 Å². The Bertz CT molecular complexity index is 830. The summed E-state index contributed by atoms with van der Waals surface area (Å²) in [5, 5.41) is 3.47. The van der Waals surface area contributed by atoms with Crippen molar-refractivity contribution < 1.29 is 19.0 Å². The molecule has 1 amide bonds. The summed E-state index contributed by atoms with van der Waals surface area (Å²) in [7, 11) is 2.83. The van der Waals surface area contributed by atoms with Crippen LogP contribution in [0.1, 0.15) is 5.01 Å². The van der Waals surface area contributed by atoms with Crippen molar-refractivity contribution in [2.24, 2.45) is 0 Å². The monoisotopic (exact) mass is 344 g/mol. The maximum absolute atomic E-state index is 11.3. The first kappa shape index (κ1) is 16.1. The summed E-state index contributed by atoms with van der Waals surface area (Å²) in [4.78, 5) is 15.8. The van der Waals surface area contributed by atoms with E-state index in [1.54, 1.807) is 29.5 Å². The molecule has 24 heavy (non-hydrogen) atoms. The molecule has 1 heterocycles. The molecule has 6 nitrogen and oxygen atoms in total. The minimum Gasteiger partial charge on any atom is -0.494 e. The molecule has 0 aliphatic heterocycles. The molecule has 0 atom stereocenters. The van der Waals surface area contributed by atoms with Crippen LogP contribution in [0.15, 0.2) is 42.5 Å². The topological polar surface area (TPSA) is 69.7 Å². The second kappa shape index (κ2) is 7.18. The molecule has 0 bridgehead atoms. The van der Waals surface area contributed by atoms with Crippen LogP contribution in [0.5, 0.6) is 11.5 Å². The highest BCUT2D eigenvalue weighted by atomic mass is 32.1. The van der Waals surface area contributed by atoms with Crippen molar-refractivity contribution in [2.45, 2.75) is 6.61 Å². The highest BCUT2D eigenvalue weighted by Gasteiger charge is 2.10. The van der Waals surface area contributed by atoms with Crippen LogP contribution in [-0.4, -0.2) is 25.3 Å². The molecule has 1 aromatic heterocycles. The number of methoxy groups -OCH3 is 2. The summed E-state index contributed by atoms with van der Waals surface area (Å²) >= 11 is 1.60. The molecule has 0 aliphatic rings. The average molecular weight is 344 g/mol. The molecule has 0 radical (unpaired) electrons. The second-order valence-corrected chi connectivity index (χ2v) is 5.96. The number of fused-ring (bicyclic) bond motifs is 1. The smallest absolute Gasteiger partial charge is 0.411 e. The highest BCUT2D eigenvalue weighted by Crippen LogP contribution is 2.30. The number of carbonyl (C=O) groups excluding carboxylic acids is 1. The number of nitrogens with zero attached hydrogens (tertiary/aromatic N) is 1. The molecule has 0 saturated heterocycles. The van der Waals surface area contributed by atoms with Gasteiger partial charge in [0, 0.05) is 6.07 Å². The van der Waals surface area contributed by atoms with E-state index >= 15 is 0 Å². The van der Waals surface area contributed by atoms with Gasteiger partial charge in [-0.1, -0.05) is 12.1 Å². The third kappa shape index (κ3) is 3.57. The van der Waals surface area contributed by atoms with E-state index in [0.717, 1.165) is 15.2 Å². The number of aromatic nitrogens is 1. The first-order valence-electron chi connectivity index (χ1n) is 7.20. The van der Waals surface area contributed by atoms with Gasteiger partial charge in [-0.05, 0) is 24.3 Å². The number of carbonyl (C=O) groups is 1. The molecule has 1 N–H and O–H groups in total. The standard InChI is InChI=1S/C17H16N2O4S/c1-21-14-9-11(7-8-12(14)19-17(20)22-2)23-10-16-18-13-5-3-4-6-15(13)24-16/h3-9H,10H2,1-2H3,(H,19,20). The second-order valence-electron chi connectivity index (χ2n) is 4.84. The van der Waals surface area contributed by atoms with Gasteiger partial charge in [-0.3, -0.25) is 5.32 Å². The average Bonchev–Trinajstić information content (AvgIpc) is 3.03. The molecular formula is C17H16N2O4S. The molecule has 0 unspecified atom stereocenters. The Morgan fingerprint density at radius 2 is 2.04 bits per heavy atom. The van der Waals surface area contributed by atoms with Gasteiger partial charge in [-0.15, -0.1) is 11.3 Å². The first-order chi connectivity index (χ1) is 11.7. The predicted molar refractivity (Wildman–Crippen MR) is 93.0 cm³/mol. The lowest BCUT2D eigenvalue weighted by atomic mass is 10.2. The van der Waals surface area contributed by atoms with Crippen LogP contribution in [-0.2, 0) is 11.3 Å². The number of benzene rings is 2. The Labute approximate surface area is 143 Å². The molecule has 0 saturated carbocycles. The predicted octanol–water partition coefficient (Wildman–Crippen LogP) is 4.06. The number of amides is 1.